The molecule has 1 aromatic carbocycles. The maximum absolute atomic E-state index is 12.5. The maximum Gasteiger partial charge on any atom is 0.222 e. The molecular formula is C20H30N2O3. The highest BCUT2D eigenvalue weighted by molar-refractivity contribution is 5.76. The SMILES string of the molecule is COc1ccc(CCC(=O)N2CCC3(CC2)CC(O)CN(C)C3)cc1. The smallest absolute Gasteiger partial charge is 0.222 e. The number of methoxy groups -OCH3 is 1. The van der Waals surface area contributed by atoms with Crippen molar-refractivity contribution < 1.29 is 14.6 Å². The van der Waals surface area contributed by atoms with E-state index in [9.17, 15) is 9.90 Å². The monoisotopic (exact) mass is 346 g/mol. The fourth-order valence-corrected chi connectivity index (χ4v) is 4.42. The fourth-order valence-electron chi connectivity index (χ4n) is 4.42. The molecule has 0 bridgehead atoms. The topological polar surface area (TPSA) is 53.0 Å². The van der Waals surface area contributed by atoms with E-state index in [1.165, 1.54) is 5.56 Å². The van der Waals surface area contributed by atoms with Gasteiger partial charge >= 0.3 is 0 Å². The van der Waals surface area contributed by atoms with Crippen molar-refractivity contribution in [1.29, 1.82) is 0 Å². The Morgan fingerprint density at radius 3 is 2.56 bits per heavy atom. The number of nitrogens with zero attached hydrogens (tertiary/aromatic N) is 2. The predicted octanol–water partition coefficient (Wildman–Crippen LogP) is 1.93. The van der Waals surface area contributed by atoms with Crippen LogP contribution in [-0.4, -0.2) is 67.3 Å². The highest BCUT2D eigenvalue weighted by Crippen LogP contribution is 2.39. The van der Waals surface area contributed by atoms with Crippen LogP contribution >= 0.6 is 0 Å². The van der Waals surface area contributed by atoms with Crippen molar-refractivity contribution in [2.24, 2.45) is 5.41 Å². The minimum Gasteiger partial charge on any atom is -0.497 e. The summed E-state index contributed by atoms with van der Waals surface area (Å²) in [6.07, 6.45) is 3.99. The van der Waals surface area contributed by atoms with Gasteiger partial charge in [-0.3, -0.25) is 4.79 Å². The van der Waals surface area contributed by atoms with E-state index in [2.05, 4.69) is 11.9 Å². The van der Waals surface area contributed by atoms with Crippen LogP contribution in [0.5, 0.6) is 5.75 Å². The van der Waals surface area contributed by atoms with Gasteiger partial charge in [0.1, 0.15) is 5.75 Å². The molecule has 1 atom stereocenters. The van der Waals surface area contributed by atoms with Crippen LogP contribution in [0.4, 0.5) is 0 Å². The van der Waals surface area contributed by atoms with Crippen molar-refractivity contribution in [3.63, 3.8) is 0 Å². The van der Waals surface area contributed by atoms with E-state index >= 15 is 0 Å². The lowest BCUT2D eigenvalue weighted by molar-refractivity contribution is -0.134. The molecular weight excluding hydrogens is 316 g/mol. The van der Waals surface area contributed by atoms with Crippen molar-refractivity contribution in [3.8, 4) is 5.75 Å². The lowest BCUT2D eigenvalue weighted by Gasteiger charge is -2.48. The molecule has 1 amide bonds. The van der Waals surface area contributed by atoms with Crippen LogP contribution in [-0.2, 0) is 11.2 Å². The second kappa shape index (κ2) is 7.75. The molecule has 25 heavy (non-hydrogen) atoms. The van der Waals surface area contributed by atoms with Crippen molar-refractivity contribution in [3.05, 3.63) is 29.8 Å². The molecule has 2 fully saturated rings. The zero-order valence-electron chi connectivity index (χ0n) is 15.4. The number of hydrogen-bond donors (Lipinski definition) is 1. The van der Waals surface area contributed by atoms with Gasteiger partial charge < -0.3 is 19.6 Å². The zero-order valence-corrected chi connectivity index (χ0v) is 15.4. The van der Waals surface area contributed by atoms with Gasteiger partial charge in [0.05, 0.1) is 13.2 Å². The van der Waals surface area contributed by atoms with Crippen LogP contribution in [0, 0.1) is 5.41 Å². The van der Waals surface area contributed by atoms with Crippen LogP contribution in [0.3, 0.4) is 0 Å². The molecule has 2 aliphatic rings. The number of carbonyl (C=O) groups excluding carboxylic acids is 1. The number of β-amino-alcohol motifs (C(OH)–C–C–N with tert-alkyl or cyclic N) is 1. The fraction of sp³-hybridized carbons (Fsp3) is 0.650. The minimum absolute atomic E-state index is 0.194. The summed E-state index contributed by atoms with van der Waals surface area (Å²) in [6, 6.07) is 7.93. The van der Waals surface area contributed by atoms with Crippen molar-refractivity contribution in [2.45, 2.75) is 38.2 Å². The first-order valence-electron chi connectivity index (χ1n) is 9.27. The summed E-state index contributed by atoms with van der Waals surface area (Å²) in [7, 11) is 3.74. The third-order valence-corrected chi connectivity index (χ3v) is 5.76. The number of ether oxygens (including phenoxy) is 1. The van der Waals surface area contributed by atoms with Crippen LogP contribution in [0.25, 0.3) is 0 Å². The number of hydrogen-bond acceptors (Lipinski definition) is 4. The van der Waals surface area contributed by atoms with Gasteiger partial charge in [0, 0.05) is 32.6 Å². The molecule has 1 unspecified atom stereocenters. The van der Waals surface area contributed by atoms with E-state index in [0.29, 0.717) is 6.42 Å². The van der Waals surface area contributed by atoms with E-state index in [4.69, 9.17) is 4.74 Å². The number of carbonyl (C=O) groups is 1. The summed E-state index contributed by atoms with van der Waals surface area (Å²) in [6.45, 7) is 3.45. The molecule has 1 aromatic rings. The summed E-state index contributed by atoms with van der Waals surface area (Å²) < 4.78 is 5.16. The van der Waals surface area contributed by atoms with Crippen molar-refractivity contribution in [2.75, 3.05) is 40.3 Å². The lowest BCUT2D eigenvalue weighted by atomic mass is 9.71. The predicted molar refractivity (Wildman–Crippen MR) is 97.7 cm³/mol. The Morgan fingerprint density at radius 1 is 1.28 bits per heavy atom. The molecule has 0 aliphatic carbocycles. The van der Waals surface area contributed by atoms with E-state index < -0.39 is 0 Å². The van der Waals surface area contributed by atoms with Gasteiger partial charge in [-0.25, -0.2) is 0 Å². The molecule has 2 heterocycles. The normalized spacial score (nSPS) is 23.6. The largest absolute Gasteiger partial charge is 0.497 e. The van der Waals surface area contributed by atoms with Gasteiger partial charge in [0.2, 0.25) is 5.91 Å². The van der Waals surface area contributed by atoms with Gasteiger partial charge in [-0.2, -0.15) is 0 Å². The molecule has 0 aromatic heterocycles. The summed E-state index contributed by atoms with van der Waals surface area (Å²) >= 11 is 0. The second-order valence-electron chi connectivity index (χ2n) is 7.78. The number of aliphatic hydroxyl groups excluding tert-OH is 1. The molecule has 1 spiro atoms. The summed E-state index contributed by atoms with van der Waals surface area (Å²) in [4.78, 5) is 16.8. The Labute approximate surface area is 150 Å². The molecule has 138 valence electrons. The Bertz CT molecular complexity index is 567. The zero-order chi connectivity index (χ0) is 17.9. The molecule has 0 saturated carbocycles. The number of likely N-dealkylation sites (N-methyl/N-ethyl adjacent to an activating group) is 1. The quantitative estimate of drug-likeness (QED) is 0.905. The van der Waals surface area contributed by atoms with Crippen LogP contribution in [0.2, 0.25) is 0 Å². The first kappa shape index (κ1) is 18.2. The van der Waals surface area contributed by atoms with Crippen LogP contribution in [0.1, 0.15) is 31.2 Å². The highest BCUT2D eigenvalue weighted by atomic mass is 16.5. The van der Waals surface area contributed by atoms with Crippen LogP contribution in [0.15, 0.2) is 24.3 Å². The van der Waals surface area contributed by atoms with E-state index in [0.717, 1.165) is 57.6 Å². The van der Waals surface area contributed by atoms with Gasteiger partial charge in [0.25, 0.3) is 0 Å². The molecule has 1 N–H and O–H groups in total. The third kappa shape index (κ3) is 4.53. The first-order chi connectivity index (χ1) is 12.0. The molecule has 2 aliphatic heterocycles. The van der Waals surface area contributed by atoms with Gasteiger partial charge in [-0.1, -0.05) is 12.1 Å². The Balaban J connectivity index is 1.48. The first-order valence-corrected chi connectivity index (χ1v) is 9.27. The summed E-state index contributed by atoms with van der Waals surface area (Å²) in [5, 5.41) is 10.1. The Morgan fingerprint density at radius 2 is 1.96 bits per heavy atom. The van der Waals surface area contributed by atoms with Gasteiger partial charge in [-0.15, -0.1) is 0 Å². The number of piperidine rings is 2. The molecule has 5 heteroatoms. The number of benzene rings is 1. The number of likely N-dealkylation sites (tertiary alicyclic amines) is 2. The molecule has 0 radical (unpaired) electrons. The number of rotatable bonds is 4. The standard InChI is InChI=1S/C20H30N2O3/c1-21-14-17(23)13-20(15-21)9-11-22(12-10-20)19(24)8-5-16-3-6-18(25-2)7-4-16/h3-4,6-7,17,23H,5,8-15H2,1-2H3. The third-order valence-electron chi connectivity index (χ3n) is 5.76. The maximum atomic E-state index is 12.5. The van der Waals surface area contributed by atoms with E-state index in [1.807, 2.05) is 29.2 Å². The van der Waals surface area contributed by atoms with Gasteiger partial charge in [0.15, 0.2) is 0 Å². The molecule has 2 saturated heterocycles. The highest BCUT2D eigenvalue weighted by Gasteiger charge is 2.41. The lowest BCUT2D eigenvalue weighted by Crippen LogP contribution is -2.53. The summed E-state index contributed by atoms with van der Waals surface area (Å²) in [5.41, 5.74) is 1.36. The number of aryl methyl sites for hydroxylation is 1. The Hall–Kier alpha value is -1.59. The molecule has 5 nitrogen and oxygen atoms in total. The Kier molecular flexibility index (Phi) is 5.64. The molecule has 3 rings (SSSR count). The second-order valence-corrected chi connectivity index (χ2v) is 7.78. The number of aliphatic hydroxyl groups is 1. The van der Waals surface area contributed by atoms with E-state index in [1.54, 1.807) is 7.11 Å². The summed E-state index contributed by atoms with van der Waals surface area (Å²) in [5.74, 6) is 1.09. The average Bonchev–Trinajstić information content (AvgIpc) is 2.59. The van der Waals surface area contributed by atoms with Crippen LogP contribution < -0.4 is 4.74 Å². The average molecular weight is 346 g/mol. The minimum atomic E-state index is -0.226. The number of amides is 1. The van der Waals surface area contributed by atoms with E-state index in [-0.39, 0.29) is 17.4 Å². The van der Waals surface area contributed by atoms with Crippen molar-refractivity contribution in [1.82, 2.24) is 9.80 Å². The van der Waals surface area contributed by atoms with Crippen molar-refractivity contribution >= 4 is 5.91 Å². The van der Waals surface area contributed by atoms with Gasteiger partial charge in [-0.05, 0) is 55.8 Å².